The van der Waals surface area contributed by atoms with Crippen molar-refractivity contribution in [3.05, 3.63) is 30.3 Å². The molecule has 0 bridgehead atoms. The Morgan fingerprint density at radius 2 is 1.56 bits per heavy atom. The van der Waals surface area contributed by atoms with Crippen molar-refractivity contribution in [3.63, 3.8) is 0 Å². The minimum atomic E-state index is -2.19. The molecule has 0 aromatic heterocycles. The van der Waals surface area contributed by atoms with Gasteiger partial charge in [0.15, 0.2) is 0 Å². The molecule has 88 valence electrons. The molecule has 0 saturated heterocycles. The summed E-state index contributed by atoms with van der Waals surface area (Å²) in [5, 5.41) is 1.27. The molecule has 0 amide bonds. The molecule has 1 aromatic rings. The maximum Gasteiger partial charge on any atom is 0.375 e. The van der Waals surface area contributed by atoms with Gasteiger partial charge in [-0.3, -0.25) is 0 Å². The summed E-state index contributed by atoms with van der Waals surface area (Å²) in [7, 11) is 1.43. The summed E-state index contributed by atoms with van der Waals surface area (Å²) in [4.78, 5) is 0. The predicted molar refractivity (Wildman–Crippen MR) is 68.1 cm³/mol. The van der Waals surface area contributed by atoms with Crippen LogP contribution in [-0.2, 0) is 8.85 Å². The molecule has 16 heavy (non-hydrogen) atoms. The van der Waals surface area contributed by atoms with E-state index < -0.39 is 8.56 Å². The molecular weight excluding hydrogens is 216 g/mol. The van der Waals surface area contributed by atoms with Gasteiger partial charge in [0.1, 0.15) is 0 Å². The van der Waals surface area contributed by atoms with Crippen LogP contribution >= 0.6 is 0 Å². The van der Waals surface area contributed by atoms with Crippen LogP contribution in [0.2, 0.25) is 5.54 Å². The van der Waals surface area contributed by atoms with Gasteiger partial charge in [-0.25, -0.2) is 0 Å². The number of hydrogen-bond acceptors (Lipinski definition) is 2. The molecule has 0 aliphatic heterocycles. The van der Waals surface area contributed by atoms with Gasteiger partial charge in [-0.05, 0) is 18.0 Å². The Kier molecular flexibility index (Phi) is 3.79. The van der Waals surface area contributed by atoms with Crippen LogP contribution < -0.4 is 5.19 Å². The van der Waals surface area contributed by atoms with E-state index in [4.69, 9.17) is 8.85 Å². The molecular formula is C13H20O2Si. The van der Waals surface area contributed by atoms with Crippen molar-refractivity contribution < 1.29 is 8.85 Å². The zero-order chi connectivity index (χ0) is 11.4. The van der Waals surface area contributed by atoms with Gasteiger partial charge in [0.2, 0.25) is 0 Å². The Morgan fingerprint density at radius 1 is 1.00 bits per heavy atom. The fourth-order valence-corrected chi connectivity index (χ4v) is 6.47. The van der Waals surface area contributed by atoms with Gasteiger partial charge in [0, 0.05) is 19.8 Å². The third kappa shape index (κ3) is 1.95. The van der Waals surface area contributed by atoms with E-state index >= 15 is 0 Å². The monoisotopic (exact) mass is 236 g/mol. The molecule has 1 fully saturated rings. The topological polar surface area (TPSA) is 18.5 Å². The maximum atomic E-state index is 5.87. The van der Waals surface area contributed by atoms with E-state index in [0.717, 1.165) is 0 Å². The van der Waals surface area contributed by atoms with Crippen LogP contribution in [0.15, 0.2) is 30.3 Å². The fraction of sp³-hybridized carbons (Fsp3) is 0.538. The molecule has 1 aromatic carbocycles. The van der Waals surface area contributed by atoms with Crippen LogP contribution in [-0.4, -0.2) is 22.8 Å². The quantitative estimate of drug-likeness (QED) is 0.748. The molecule has 0 radical (unpaired) electrons. The summed E-state index contributed by atoms with van der Waals surface area (Å²) in [6.07, 6.45) is 5.14. The van der Waals surface area contributed by atoms with Gasteiger partial charge < -0.3 is 8.85 Å². The second kappa shape index (κ2) is 5.12. The zero-order valence-corrected chi connectivity index (χ0v) is 11.1. The second-order valence-corrected chi connectivity index (χ2v) is 7.97. The Morgan fingerprint density at radius 3 is 2.06 bits per heavy atom. The molecule has 0 spiro atoms. The highest BCUT2D eigenvalue weighted by Gasteiger charge is 2.47. The normalized spacial score (nSPS) is 17.9. The van der Waals surface area contributed by atoms with Crippen molar-refractivity contribution in [1.82, 2.24) is 0 Å². The van der Waals surface area contributed by atoms with Gasteiger partial charge in [0.05, 0.1) is 0 Å². The van der Waals surface area contributed by atoms with Crippen molar-refractivity contribution in [1.29, 1.82) is 0 Å². The molecule has 0 heterocycles. The summed E-state index contributed by atoms with van der Waals surface area (Å²) in [5.74, 6) is 0. The van der Waals surface area contributed by atoms with Crippen LogP contribution in [0.25, 0.3) is 0 Å². The van der Waals surface area contributed by atoms with E-state index in [9.17, 15) is 0 Å². The van der Waals surface area contributed by atoms with Crippen molar-refractivity contribution in [2.45, 2.75) is 31.2 Å². The Bertz CT molecular complexity index is 316. The first-order valence-corrected chi connectivity index (χ1v) is 7.88. The van der Waals surface area contributed by atoms with E-state index in [1.165, 1.54) is 30.9 Å². The lowest BCUT2D eigenvalue weighted by Gasteiger charge is -2.33. The maximum absolute atomic E-state index is 5.87. The zero-order valence-electron chi connectivity index (χ0n) is 10.1. The van der Waals surface area contributed by atoms with Crippen molar-refractivity contribution in [2.24, 2.45) is 0 Å². The van der Waals surface area contributed by atoms with E-state index in [2.05, 4.69) is 24.3 Å². The van der Waals surface area contributed by atoms with Gasteiger partial charge in [-0.2, -0.15) is 0 Å². The van der Waals surface area contributed by atoms with E-state index in [1.807, 2.05) is 6.07 Å². The number of rotatable bonds is 4. The van der Waals surface area contributed by atoms with Gasteiger partial charge >= 0.3 is 8.56 Å². The average molecular weight is 236 g/mol. The highest BCUT2D eigenvalue weighted by atomic mass is 28.4. The molecule has 3 heteroatoms. The lowest BCUT2D eigenvalue weighted by Crippen LogP contribution is -2.55. The largest absolute Gasteiger partial charge is 0.394 e. The van der Waals surface area contributed by atoms with Crippen molar-refractivity contribution in [2.75, 3.05) is 14.2 Å². The summed E-state index contributed by atoms with van der Waals surface area (Å²) in [6.45, 7) is 0. The van der Waals surface area contributed by atoms with Gasteiger partial charge in [-0.15, -0.1) is 0 Å². The standard InChI is InChI=1S/C13H20O2Si/c1-14-16(15-2,13-10-6-7-11-13)12-8-4-3-5-9-12/h3-5,8-9,13H,6-7,10-11H2,1-2H3. The van der Waals surface area contributed by atoms with E-state index in [1.54, 1.807) is 14.2 Å². The minimum Gasteiger partial charge on any atom is -0.394 e. The molecule has 0 N–H and O–H groups in total. The summed E-state index contributed by atoms with van der Waals surface area (Å²) < 4.78 is 11.7. The molecule has 2 nitrogen and oxygen atoms in total. The predicted octanol–water partition coefficient (Wildman–Crippen LogP) is 2.57. The third-order valence-corrected chi connectivity index (χ3v) is 7.68. The van der Waals surface area contributed by atoms with Crippen molar-refractivity contribution >= 4 is 13.7 Å². The molecule has 2 rings (SSSR count). The Labute approximate surface area is 98.8 Å². The highest BCUT2D eigenvalue weighted by molar-refractivity contribution is 6.82. The lowest BCUT2D eigenvalue weighted by molar-refractivity contribution is 0.244. The second-order valence-electron chi connectivity index (χ2n) is 4.42. The van der Waals surface area contributed by atoms with Crippen LogP contribution in [0.3, 0.4) is 0 Å². The first kappa shape index (κ1) is 11.8. The first-order valence-electron chi connectivity index (χ1n) is 5.99. The molecule has 1 aliphatic rings. The minimum absolute atomic E-state index is 0.616. The molecule has 1 aliphatic carbocycles. The van der Waals surface area contributed by atoms with Gasteiger partial charge in [0.25, 0.3) is 0 Å². The smallest absolute Gasteiger partial charge is 0.375 e. The Balaban J connectivity index is 2.34. The third-order valence-electron chi connectivity index (χ3n) is 3.68. The van der Waals surface area contributed by atoms with Crippen molar-refractivity contribution in [3.8, 4) is 0 Å². The summed E-state index contributed by atoms with van der Waals surface area (Å²) >= 11 is 0. The van der Waals surface area contributed by atoms with Crippen LogP contribution in [0, 0.1) is 0 Å². The number of benzene rings is 1. The van der Waals surface area contributed by atoms with Gasteiger partial charge in [-0.1, -0.05) is 43.2 Å². The lowest BCUT2D eigenvalue weighted by atomic mass is 10.4. The summed E-state index contributed by atoms with van der Waals surface area (Å²) in [5.41, 5.74) is 0.616. The van der Waals surface area contributed by atoms with E-state index in [0.29, 0.717) is 5.54 Å². The molecule has 1 saturated carbocycles. The van der Waals surface area contributed by atoms with Crippen LogP contribution in [0.4, 0.5) is 0 Å². The number of hydrogen-bond donors (Lipinski definition) is 0. The van der Waals surface area contributed by atoms with Crippen LogP contribution in [0.1, 0.15) is 25.7 Å². The average Bonchev–Trinajstić information content (AvgIpc) is 2.87. The van der Waals surface area contributed by atoms with Crippen LogP contribution in [0.5, 0.6) is 0 Å². The highest BCUT2D eigenvalue weighted by Crippen LogP contribution is 2.38. The molecule has 0 atom stereocenters. The van der Waals surface area contributed by atoms with E-state index in [-0.39, 0.29) is 0 Å². The first-order chi connectivity index (χ1) is 7.83. The summed E-state index contributed by atoms with van der Waals surface area (Å²) in [6, 6.07) is 10.5. The molecule has 0 unspecified atom stereocenters. The Hall–Kier alpha value is -0.643. The SMILES string of the molecule is CO[Si](OC)(c1ccccc1)C1CCCC1. The fourth-order valence-electron chi connectivity index (χ4n) is 2.86.